The molecule has 326 valence electrons. The molecule has 0 aliphatic heterocycles. The van der Waals surface area contributed by atoms with Crippen LogP contribution in [0.3, 0.4) is 0 Å². The van der Waals surface area contributed by atoms with Crippen LogP contribution in [0, 0.1) is 0 Å². The summed E-state index contributed by atoms with van der Waals surface area (Å²) in [5.41, 5.74) is 18.0. The first-order valence-electron chi connectivity index (χ1n) is 24.0. The lowest BCUT2D eigenvalue weighted by Crippen LogP contribution is -1.93. The lowest BCUT2D eigenvalue weighted by Gasteiger charge is -2.10. The number of para-hydroxylation sites is 5. The molecule has 0 saturated carbocycles. The molecular formula is C66H41N3S. The number of nitrogens with zero attached hydrogens (tertiary/aromatic N) is 3. The van der Waals surface area contributed by atoms with Gasteiger partial charge in [0, 0.05) is 69.6 Å². The Morgan fingerprint density at radius 3 is 1.23 bits per heavy atom. The summed E-state index contributed by atoms with van der Waals surface area (Å²) in [5.74, 6) is 0. The molecule has 3 nitrogen and oxygen atoms in total. The van der Waals surface area contributed by atoms with Crippen LogP contribution in [0.1, 0.15) is 0 Å². The summed E-state index contributed by atoms with van der Waals surface area (Å²) in [4.78, 5) is 0. The Bertz CT molecular complexity index is 4570. The zero-order chi connectivity index (χ0) is 45.9. The second-order valence-corrected chi connectivity index (χ2v) is 19.5. The molecule has 0 unspecified atom stereocenters. The molecule has 0 amide bonds. The second-order valence-electron chi connectivity index (χ2n) is 18.4. The predicted octanol–water partition coefficient (Wildman–Crippen LogP) is 18.3. The summed E-state index contributed by atoms with van der Waals surface area (Å²) in [6, 6.07) is 91.7. The van der Waals surface area contributed by atoms with Crippen molar-refractivity contribution in [2.24, 2.45) is 0 Å². The number of thiophene rings is 1. The molecule has 15 aromatic rings. The van der Waals surface area contributed by atoms with E-state index in [1.165, 1.54) is 130 Å². The zero-order valence-corrected chi connectivity index (χ0v) is 38.7. The maximum Gasteiger partial charge on any atom is 0.0547 e. The van der Waals surface area contributed by atoms with Crippen LogP contribution in [0.4, 0.5) is 0 Å². The lowest BCUT2D eigenvalue weighted by molar-refractivity contribution is 1.18. The molecule has 0 saturated heterocycles. The maximum atomic E-state index is 2.45. The van der Waals surface area contributed by atoms with Crippen molar-refractivity contribution in [2.75, 3.05) is 0 Å². The number of benzene rings is 11. The molecule has 15 rings (SSSR count). The standard InChI is InChI=1S/C66H41N3S/c1-4-16-46(17-5-1)67-57-26-12-10-22-51(57)53-38-42(30-34-59(53)67)43-31-35-60-54(39-43)55-40-44(32-36-61(55)68(60)47-18-6-2-7-19-47)50-25-15-29-64-66(50)56-41-45(33-37-63(56)70-64)49-24-14-28-62-65(49)52-23-11-13-27-58(52)69(62)48-20-8-3-9-21-48/h1-41H. The first-order chi connectivity index (χ1) is 34.7. The van der Waals surface area contributed by atoms with Gasteiger partial charge in [0.25, 0.3) is 0 Å². The van der Waals surface area contributed by atoms with Gasteiger partial charge in [-0.05, 0) is 143 Å². The summed E-state index contributed by atoms with van der Waals surface area (Å²) in [6.45, 7) is 0. The van der Waals surface area contributed by atoms with Crippen LogP contribution in [-0.4, -0.2) is 13.7 Å². The number of hydrogen-bond donors (Lipinski definition) is 0. The van der Waals surface area contributed by atoms with Crippen LogP contribution >= 0.6 is 11.3 Å². The number of hydrogen-bond acceptors (Lipinski definition) is 1. The van der Waals surface area contributed by atoms with Gasteiger partial charge in [0.1, 0.15) is 0 Å². The smallest absolute Gasteiger partial charge is 0.0547 e. The molecule has 11 aromatic carbocycles. The van der Waals surface area contributed by atoms with Crippen molar-refractivity contribution >= 4 is 96.9 Å². The molecule has 0 atom stereocenters. The molecule has 4 heterocycles. The molecule has 0 aliphatic carbocycles. The minimum atomic E-state index is 1.15. The zero-order valence-electron chi connectivity index (χ0n) is 37.9. The van der Waals surface area contributed by atoms with Gasteiger partial charge in [0.05, 0.1) is 33.1 Å². The molecular weight excluding hydrogens is 867 g/mol. The van der Waals surface area contributed by atoms with E-state index < -0.39 is 0 Å². The predicted molar refractivity (Wildman–Crippen MR) is 299 cm³/mol. The average Bonchev–Trinajstić information content (AvgIpc) is 4.17. The first kappa shape index (κ1) is 39.1. The Hall–Kier alpha value is -8.96. The third-order valence-electron chi connectivity index (χ3n) is 14.6. The monoisotopic (exact) mass is 907 g/mol. The normalized spacial score (nSPS) is 12.0. The van der Waals surface area contributed by atoms with Crippen LogP contribution in [0.2, 0.25) is 0 Å². The van der Waals surface area contributed by atoms with Crippen molar-refractivity contribution in [3.8, 4) is 50.4 Å². The Labute approximate surface area is 407 Å². The van der Waals surface area contributed by atoms with Gasteiger partial charge in [-0.3, -0.25) is 0 Å². The number of aromatic nitrogens is 3. The largest absolute Gasteiger partial charge is 0.309 e. The van der Waals surface area contributed by atoms with E-state index in [0.29, 0.717) is 0 Å². The van der Waals surface area contributed by atoms with E-state index in [1.807, 2.05) is 11.3 Å². The maximum absolute atomic E-state index is 2.45. The Balaban J connectivity index is 0.913. The highest BCUT2D eigenvalue weighted by atomic mass is 32.1. The Kier molecular flexibility index (Phi) is 8.53. The van der Waals surface area contributed by atoms with E-state index >= 15 is 0 Å². The molecule has 0 spiro atoms. The summed E-state index contributed by atoms with van der Waals surface area (Å²) < 4.78 is 9.80. The molecule has 0 aliphatic rings. The van der Waals surface area contributed by atoms with Gasteiger partial charge in [0.15, 0.2) is 0 Å². The van der Waals surface area contributed by atoms with Crippen LogP contribution in [0.5, 0.6) is 0 Å². The van der Waals surface area contributed by atoms with Crippen molar-refractivity contribution in [3.63, 3.8) is 0 Å². The van der Waals surface area contributed by atoms with E-state index in [0.717, 1.165) is 5.69 Å². The quantitative estimate of drug-likeness (QED) is 0.158. The third-order valence-corrected chi connectivity index (χ3v) is 15.8. The highest BCUT2D eigenvalue weighted by molar-refractivity contribution is 7.26. The minimum absolute atomic E-state index is 1.15. The number of rotatable bonds is 6. The van der Waals surface area contributed by atoms with Crippen LogP contribution < -0.4 is 0 Å². The highest BCUT2D eigenvalue weighted by Gasteiger charge is 2.20. The fraction of sp³-hybridized carbons (Fsp3) is 0. The summed E-state index contributed by atoms with van der Waals surface area (Å²) in [7, 11) is 0. The van der Waals surface area contributed by atoms with Gasteiger partial charge in [0.2, 0.25) is 0 Å². The number of fused-ring (bicyclic) bond motifs is 12. The molecule has 70 heavy (non-hydrogen) atoms. The first-order valence-corrected chi connectivity index (χ1v) is 24.8. The highest BCUT2D eigenvalue weighted by Crippen LogP contribution is 2.46. The summed E-state index contributed by atoms with van der Waals surface area (Å²) >= 11 is 1.88. The fourth-order valence-corrected chi connectivity index (χ4v) is 12.7. The van der Waals surface area contributed by atoms with E-state index in [2.05, 4.69) is 262 Å². The van der Waals surface area contributed by atoms with Crippen molar-refractivity contribution in [3.05, 3.63) is 249 Å². The van der Waals surface area contributed by atoms with Crippen molar-refractivity contribution < 1.29 is 0 Å². The SMILES string of the molecule is c1ccc(-n2c3ccccc3c3cc(-c4ccc5c(c4)c4cc(-c6cccc7sc8ccc(-c9cccc%10c9c9ccccc9n%10-c9ccccc9)cc8c67)ccc4n5-c4ccccc4)ccc32)cc1. The van der Waals surface area contributed by atoms with Crippen LogP contribution in [0.25, 0.3) is 136 Å². The Morgan fingerprint density at radius 1 is 0.229 bits per heavy atom. The minimum Gasteiger partial charge on any atom is -0.309 e. The van der Waals surface area contributed by atoms with E-state index in [-0.39, 0.29) is 0 Å². The molecule has 4 heteroatoms. The fourth-order valence-electron chi connectivity index (χ4n) is 11.6. The third kappa shape index (κ3) is 5.81. The van der Waals surface area contributed by atoms with Gasteiger partial charge >= 0.3 is 0 Å². The summed E-state index contributed by atoms with van der Waals surface area (Å²) in [6.07, 6.45) is 0. The molecule has 0 fully saturated rings. The molecule has 0 radical (unpaired) electrons. The van der Waals surface area contributed by atoms with Crippen molar-refractivity contribution in [2.45, 2.75) is 0 Å². The average molecular weight is 908 g/mol. The van der Waals surface area contributed by atoms with Crippen LogP contribution in [0.15, 0.2) is 249 Å². The second kappa shape index (κ2) is 15.3. The van der Waals surface area contributed by atoms with Gasteiger partial charge in [-0.15, -0.1) is 11.3 Å². The van der Waals surface area contributed by atoms with Crippen molar-refractivity contribution in [1.29, 1.82) is 0 Å². The van der Waals surface area contributed by atoms with Gasteiger partial charge in [-0.25, -0.2) is 0 Å². The van der Waals surface area contributed by atoms with Gasteiger partial charge in [-0.1, -0.05) is 140 Å². The topological polar surface area (TPSA) is 14.8 Å². The molecule has 0 N–H and O–H groups in total. The molecule has 0 bridgehead atoms. The van der Waals surface area contributed by atoms with Gasteiger partial charge in [-0.2, -0.15) is 0 Å². The molecule has 4 aromatic heterocycles. The van der Waals surface area contributed by atoms with Gasteiger partial charge < -0.3 is 13.7 Å². The lowest BCUT2D eigenvalue weighted by atomic mass is 9.95. The van der Waals surface area contributed by atoms with E-state index in [1.54, 1.807) is 0 Å². The van der Waals surface area contributed by atoms with Crippen molar-refractivity contribution in [1.82, 2.24) is 13.7 Å². The Morgan fingerprint density at radius 2 is 0.629 bits per heavy atom. The summed E-state index contributed by atoms with van der Waals surface area (Å²) in [5, 5.41) is 10.1. The van der Waals surface area contributed by atoms with E-state index in [9.17, 15) is 0 Å². The van der Waals surface area contributed by atoms with E-state index in [4.69, 9.17) is 0 Å². The van der Waals surface area contributed by atoms with Crippen LogP contribution in [-0.2, 0) is 0 Å².